The Bertz CT molecular complexity index is 208. The SMILES string of the molecule is CC(C)(C)N1CCN(CCO)C(C)(C)C1. The molecule has 0 unspecified atom stereocenters. The maximum absolute atomic E-state index is 9.02. The highest BCUT2D eigenvalue weighted by atomic mass is 16.3. The van der Waals surface area contributed by atoms with Crippen LogP contribution in [0.25, 0.3) is 0 Å². The molecule has 0 aliphatic carbocycles. The number of rotatable bonds is 2. The first-order valence-corrected chi connectivity index (χ1v) is 5.88. The second-order valence-corrected chi connectivity index (χ2v) is 6.12. The van der Waals surface area contributed by atoms with Crippen LogP contribution in [0, 0.1) is 0 Å². The second-order valence-electron chi connectivity index (χ2n) is 6.12. The van der Waals surface area contributed by atoms with Gasteiger partial charge in [0.05, 0.1) is 6.61 Å². The van der Waals surface area contributed by atoms with Gasteiger partial charge in [0, 0.05) is 37.3 Å². The van der Waals surface area contributed by atoms with E-state index in [1.54, 1.807) is 0 Å². The zero-order valence-electron chi connectivity index (χ0n) is 10.9. The molecule has 0 aromatic rings. The van der Waals surface area contributed by atoms with E-state index in [0.717, 1.165) is 26.2 Å². The fraction of sp³-hybridized carbons (Fsp3) is 1.00. The number of piperazine rings is 1. The molecule has 3 nitrogen and oxygen atoms in total. The first kappa shape index (κ1) is 12.9. The van der Waals surface area contributed by atoms with Crippen molar-refractivity contribution in [1.29, 1.82) is 0 Å². The molecule has 1 saturated heterocycles. The van der Waals surface area contributed by atoms with E-state index in [-0.39, 0.29) is 17.7 Å². The minimum Gasteiger partial charge on any atom is -0.395 e. The van der Waals surface area contributed by atoms with Gasteiger partial charge in [-0.3, -0.25) is 9.80 Å². The maximum atomic E-state index is 9.02. The van der Waals surface area contributed by atoms with Gasteiger partial charge in [-0.25, -0.2) is 0 Å². The van der Waals surface area contributed by atoms with E-state index in [2.05, 4.69) is 44.4 Å². The standard InChI is InChI=1S/C12H26N2O/c1-11(2,3)14-7-6-13(8-9-15)12(4,5)10-14/h15H,6-10H2,1-5H3. The monoisotopic (exact) mass is 214 g/mol. The number of hydrogen-bond donors (Lipinski definition) is 1. The summed E-state index contributed by atoms with van der Waals surface area (Å²) in [5.41, 5.74) is 0.427. The molecule has 0 saturated carbocycles. The van der Waals surface area contributed by atoms with Crippen LogP contribution in [0.2, 0.25) is 0 Å². The van der Waals surface area contributed by atoms with Gasteiger partial charge in [0.25, 0.3) is 0 Å². The second kappa shape index (κ2) is 4.40. The third kappa shape index (κ3) is 3.16. The molecular weight excluding hydrogens is 188 g/mol. The Morgan fingerprint density at radius 2 is 1.80 bits per heavy atom. The van der Waals surface area contributed by atoms with Crippen molar-refractivity contribution in [3.05, 3.63) is 0 Å². The van der Waals surface area contributed by atoms with Gasteiger partial charge in [-0.2, -0.15) is 0 Å². The van der Waals surface area contributed by atoms with Crippen LogP contribution in [0.5, 0.6) is 0 Å². The molecule has 0 radical (unpaired) electrons. The molecule has 0 bridgehead atoms. The maximum Gasteiger partial charge on any atom is 0.0558 e. The van der Waals surface area contributed by atoms with Crippen LogP contribution >= 0.6 is 0 Å². The van der Waals surface area contributed by atoms with Crippen LogP contribution in [0.4, 0.5) is 0 Å². The van der Waals surface area contributed by atoms with E-state index >= 15 is 0 Å². The van der Waals surface area contributed by atoms with Crippen LogP contribution in [0.15, 0.2) is 0 Å². The van der Waals surface area contributed by atoms with Gasteiger partial charge in [-0.05, 0) is 34.6 Å². The van der Waals surface area contributed by atoms with Gasteiger partial charge < -0.3 is 5.11 Å². The highest BCUT2D eigenvalue weighted by Crippen LogP contribution is 2.25. The smallest absolute Gasteiger partial charge is 0.0558 e. The zero-order valence-corrected chi connectivity index (χ0v) is 10.9. The number of aliphatic hydroxyl groups excluding tert-OH is 1. The molecule has 90 valence electrons. The summed E-state index contributed by atoms with van der Waals surface area (Å²) in [6.45, 7) is 15.6. The van der Waals surface area contributed by atoms with E-state index in [1.807, 2.05) is 0 Å². The number of nitrogens with zero attached hydrogens (tertiary/aromatic N) is 2. The molecule has 1 rings (SSSR count). The quantitative estimate of drug-likeness (QED) is 0.747. The Labute approximate surface area is 94.1 Å². The summed E-state index contributed by atoms with van der Waals surface area (Å²) in [5.74, 6) is 0. The van der Waals surface area contributed by atoms with Gasteiger partial charge in [-0.1, -0.05) is 0 Å². The first-order valence-electron chi connectivity index (χ1n) is 5.88. The van der Waals surface area contributed by atoms with Crippen LogP contribution in [0.3, 0.4) is 0 Å². The van der Waals surface area contributed by atoms with Gasteiger partial charge in [0.2, 0.25) is 0 Å². The molecule has 0 amide bonds. The molecule has 1 aliphatic heterocycles. The number of β-amino-alcohol motifs (C(OH)–C–C–N with tert-alkyl or cyclic N) is 1. The molecule has 1 heterocycles. The topological polar surface area (TPSA) is 26.7 Å². The van der Waals surface area contributed by atoms with Crippen LogP contribution in [-0.2, 0) is 0 Å². The van der Waals surface area contributed by atoms with E-state index in [1.165, 1.54) is 0 Å². The third-order valence-electron chi connectivity index (χ3n) is 3.39. The lowest BCUT2D eigenvalue weighted by Crippen LogP contribution is -2.63. The normalized spacial score (nSPS) is 24.4. The summed E-state index contributed by atoms with van der Waals surface area (Å²) in [4.78, 5) is 4.91. The third-order valence-corrected chi connectivity index (χ3v) is 3.39. The summed E-state index contributed by atoms with van der Waals surface area (Å²) in [5, 5.41) is 9.02. The predicted octanol–water partition coefficient (Wildman–Crippen LogP) is 1.17. The minimum atomic E-state index is 0.175. The van der Waals surface area contributed by atoms with E-state index in [0.29, 0.717) is 0 Å². The van der Waals surface area contributed by atoms with Crippen LogP contribution < -0.4 is 0 Å². The highest BCUT2D eigenvalue weighted by molar-refractivity contribution is 4.93. The predicted molar refractivity (Wildman–Crippen MR) is 64.1 cm³/mol. The van der Waals surface area contributed by atoms with Crippen molar-refractivity contribution < 1.29 is 5.11 Å². The Hall–Kier alpha value is -0.120. The number of aliphatic hydroxyl groups is 1. The van der Waals surface area contributed by atoms with Crippen LogP contribution in [0.1, 0.15) is 34.6 Å². The van der Waals surface area contributed by atoms with Crippen molar-refractivity contribution >= 4 is 0 Å². The van der Waals surface area contributed by atoms with Gasteiger partial charge in [0.15, 0.2) is 0 Å². The average molecular weight is 214 g/mol. The molecule has 1 fully saturated rings. The van der Waals surface area contributed by atoms with Crippen molar-refractivity contribution in [3.8, 4) is 0 Å². The van der Waals surface area contributed by atoms with E-state index in [4.69, 9.17) is 5.11 Å². The van der Waals surface area contributed by atoms with Crippen molar-refractivity contribution in [2.75, 3.05) is 32.8 Å². The molecule has 0 aromatic carbocycles. The molecule has 15 heavy (non-hydrogen) atoms. The van der Waals surface area contributed by atoms with Crippen LogP contribution in [-0.4, -0.2) is 58.8 Å². The van der Waals surface area contributed by atoms with Gasteiger partial charge >= 0.3 is 0 Å². The zero-order chi connectivity index (χ0) is 11.7. The lowest BCUT2D eigenvalue weighted by molar-refractivity contribution is -0.0258. The Morgan fingerprint density at radius 1 is 1.20 bits per heavy atom. The molecule has 0 atom stereocenters. The van der Waals surface area contributed by atoms with Gasteiger partial charge in [0.1, 0.15) is 0 Å². The summed E-state index contributed by atoms with van der Waals surface area (Å²) >= 11 is 0. The summed E-state index contributed by atoms with van der Waals surface area (Å²) in [6, 6.07) is 0. The lowest BCUT2D eigenvalue weighted by atomic mass is 9.94. The largest absolute Gasteiger partial charge is 0.395 e. The average Bonchev–Trinajstić information content (AvgIpc) is 2.06. The first-order chi connectivity index (χ1) is 6.77. The molecule has 0 aromatic heterocycles. The molecule has 1 aliphatic rings. The van der Waals surface area contributed by atoms with Crippen molar-refractivity contribution in [2.24, 2.45) is 0 Å². The summed E-state index contributed by atoms with van der Waals surface area (Å²) in [6.07, 6.45) is 0. The summed E-state index contributed by atoms with van der Waals surface area (Å²) < 4.78 is 0. The van der Waals surface area contributed by atoms with Crippen molar-refractivity contribution in [1.82, 2.24) is 9.80 Å². The van der Waals surface area contributed by atoms with Crippen molar-refractivity contribution in [2.45, 2.75) is 45.7 Å². The van der Waals surface area contributed by atoms with E-state index in [9.17, 15) is 0 Å². The Kier molecular flexibility index (Phi) is 3.80. The molecule has 3 heteroatoms. The fourth-order valence-corrected chi connectivity index (χ4v) is 2.30. The summed E-state index contributed by atoms with van der Waals surface area (Å²) in [7, 11) is 0. The highest BCUT2D eigenvalue weighted by Gasteiger charge is 2.36. The molecule has 0 spiro atoms. The minimum absolute atomic E-state index is 0.175. The molecular formula is C12H26N2O. The van der Waals surface area contributed by atoms with Gasteiger partial charge in [-0.15, -0.1) is 0 Å². The Morgan fingerprint density at radius 3 is 2.20 bits per heavy atom. The Balaban J connectivity index is 2.64. The lowest BCUT2D eigenvalue weighted by Gasteiger charge is -2.51. The number of hydrogen-bond acceptors (Lipinski definition) is 3. The fourth-order valence-electron chi connectivity index (χ4n) is 2.30. The van der Waals surface area contributed by atoms with E-state index < -0.39 is 0 Å². The van der Waals surface area contributed by atoms with Crippen molar-refractivity contribution in [3.63, 3.8) is 0 Å². The molecule has 1 N–H and O–H groups in total.